The van der Waals surface area contributed by atoms with E-state index in [-0.39, 0.29) is 5.76 Å². The summed E-state index contributed by atoms with van der Waals surface area (Å²) in [7, 11) is 1.26. The van der Waals surface area contributed by atoms with Crippen LogP contribution in [0.2, 0.25) is 0 Å². The third kappa shape index (κ3) is 2.59. The van der Waals surface area contributed by atoms with Crippen molar-refractivity contribution < 1.29 is 14.3 Å². The minimum absolute atomic E-state index is 0.0597. The van der Waals surface area contributed by atoms with Crippen LogP contribution < -0.4 is 4.74 Å². The van der Waals surface area contributed by atoms with Crippen molar-refractivity contribution >= 4 is 5.97 Å². The zero-order valence-corrected chi connectivity index (χ0v) is 7.19. The van der Waals surface area contributed by atoms with E-state index in [1.165, 1.54) is 13.3 Å². The Kier molecular flexibility index (Phi) is 3.03. The molecule has 1 rings (SSSR count). The molecule has 0 N–H and O–H groups in total. The number of carbonyl (C=O) groups is 1. The number of hydrogen-bond donors (Lipinski definition) is 0. The Morgan fingerprint density at radius 2 is 2.38 bits per heavy atom. The van der Waals surface area contributed by atoms with Gasteiger partial charge >= 0.3 is 5.97 Å². The van der Waals surface area contributed by atoms with Crippen LogP contribution >= 0.6 is 0 Å². The van der Waals surface area contributed by atoms with Gasteiger partial charge in [0.15, 0.2) is 0 Å². The molecule has 0 radical (unpaired) electrons. The highest BCUT2D eigenvalue weighted by atomic mass is 16.6. The first-order valence-corrected chi connectivity index (χ1v) is 3.59. The molecule has 0 aromatic carbocycles. The summed E-state index contributed by atoms with van der Waals surface area (Å²) in [4.78, 5) is 14.7. The summed E-state index contributed by atoms with van der Waals surface area (Å²) < 4.78 is 9.44. The Labute approximate surface area is 75.8 Å². The zero-order chi connectivity index (χ0) is 9.68. The van der Waals surface area contributed by atoms with Crippen molar-refractivity contribution in [3.05, 3.63) is 36.9 Å². The average molecular weight is 179 g/mol. The highest BCUT2D eigenvalue weighted by Gasteiger charge is 2.08. The lowest BCUT2D eigenvalue weighted by Crippen LogP contribution is -2.09. The summed E-state index contributed by atoms with van der Waals surface area (Å²) in [6.45, 7) is 3.40. The predicted molar refractivity (Wildman–Crippen MR) is 46.0 cm³/mol. The van der Waals surface area contributed by atoms with Crippen molar-refractivity contribution in [2.24, 2.45) is 0 Å². The van der Waals surface area contributed by atoms with Gasteiger partial charge in [0.1, 0.15) is 5.75 Å². The van der Waals surface area contributed by atoms with Crippen LogP contribution in [0.15, 0.2) is 36.9 Å². The molecule has 0 saturated carbocycles. The summed E-state index contributed by atoms with van der Waals surface area (Å²) in [6.07, 6.45) is 3.09. The molecule has 0 saturated heterocycles. The first-order valence-electron chi connectivity index (χ1n) is 3.59. The van der Waals surface area contributed by atoms with Gasteiger partial charge in [-0.25, -0.2) is 4.79 Å². The van der Waals surface area contributed by atoms with E-state index in [1.807, 2.05) is 0 Å². The number of esters is 1. The van der Waals surface area contributed by atoms with Gasteiger partial charge in [-0.2, -0.15) is 0 Å². The monoisotopic (exact) mass is 179 g/mol. The molecule has 1 heterocycles. The highest BCUT2D eigenvalue weighted by molar-refractivity contribution is 5.85. The fourth-order valence-electron chi connectivity index (χ4n) is 0.705. The highest BCUT2D eigenvalue weighted by Crippen LogP contribution is 2.10. The zero-order valence-electron chi connectivity index (χ0n) is 7.19. The maximum Gasteiger partial charge on any atom is 0.373 e. The predicted octanol–water partition coefficient (Wildman–Crippen LogP) is 1.15. The van der Waals surface area contributed by atoms with Crippen molar-refractivity contribution in [2.45, 2.75) is 0 Å². The normalized spacial score (nSPS) is 9.00. The topological polar surface area (TPSA) is 48.4 Å². The van der Waals surface area contributed by atoms with Crippen molar-refractivity contribution in [1.29, 1.82) is 0 Å². The minimum Gasteiger partial charge on any atom is -0.463 e. The van der Waals surface area contributed by atoms with E-state index in [2.05, 4.69) is 16.3 Å². The molecule has 1 aromatic heterocycles. The van der Waals surface area contributed by atoms with Crippen LogP contribution in [0.25, 0.3) is 0 Å². The Balaban J connectivity index is 2.60. The number of methoxy groups -OCH3 is 1. The third-order valence-electron chi connectivity index (χ3n) is 1.29. The van der Waals surface area contributed by atoms with E-state index >= 15 is 0 Å². The molecular formula is C9H9NO3. The Morgan fingerprint density at radius 1 is 1.62 bits per heavy atom. The lowest BCUT2D eigenvalue weighted by Gasteiger charge is -2.04. The average Bonchev–Trinajstić information content (AvgIpc) is 2.18. The van der Waals surface area contributed by atoms with Crippen LogP contribution in [0.4, 0.5) is 0 Å². The summed E-state index contributed by atoms with van der Waals surface area (Å²) in [5, 5.41) is 0. The fourth-order valence-corrected chi connectivity index (χ4v) is 0.705. The van der Waals surface area contributed by atoms with Crippen LogP contribution in [0.5, 0.6) is 5.75 Å². The smallest absolute Gasteiger partial charge is 0.373 e. The molecule has 0 unspecified atom stereocenters. The number of hydrogen-bond acceptors (Lipinski definition) is 4. The maximum atomic E-state index is 10.8. The summed E-state index contributed by atoms with van der Waals surface area (Å²) in [5.74, 6) is -0.197. The second-order valence-electron chi connectivity index (χ2n) is 2.21. The minimum atomic E-state index is -0.594. The Bertz CT molecular complexity index is 308. The molecule has 0 aliphatic carbocycles. The lowest BCUT2D eigenvalue weighted by molar-refractivity contribution is -0.138. The van der Waals surface area contributed by atoms with Gasteiger partial charge in [-0.15, -0.1) is 0 Å². The number of ether oxygens (including phenoxy) is 2. The van der Waals surface area contributed by atoms with Gasteiger partial charge in [-0.3, -0.25) is 4.98 Å². The van der Waals surface area contributed by atoms with Gasteiger partial charge in [0.05, 0.1) is 13.3 Å². The first kappa shape index (κ1) is 9.25. The molecule has 4 heteroatoms. The molecule has 4 nitrogen and oxygen atoms in total. The molecule has 68 valence electrons. The molecule has 13 heavy (non-hydrogen) atoms. The second kappa shape index (κ2) is 4.25. The molecule has 0 aliphatic heterocycles. The molecule has 0 aliphatic rings. The van der Waals surface area contributed by atoms with Crippen LogP contribution in [0.1, 0.15) is 0 Å². The van der Waals surface area contributed by atoms with Gasteiger partial charge in [0, 0.05) is 6.20 Å². The summed E-state index contributed by atoms with van der Waals surface area (Å²) in [5.41, 5.74) is 0. The standard InChI is InChI=1S/C9H9NO3/c1-7(9(11)12-2)13-8-4-3-5-10-6-8/h3-6H,1H2,2H3. The van der Waals surface area contributed by atoms with Crippen molar-refractivity contribution in [3.63, 3.8) is 0 Å². The Hall–Kier alpha value is -1.84. The summed E-state index contributed by atoms with van der Waals surface area (Å²) >= 11 is 0. The molecular weight excluding hydrogens is 170 g/mol. The Morgan fingerprint density at radius 3 is 2.92 bits per heavy atom. The number of carbonyl (C=O) groups excluding carboxylic acids is 1. The van der Waals surface area contributed by atoms with Crippen molar-refractivity contribution in [1.82, 2.24) is 4.98 Å². The molecule has 0 spiro atoms. The largest absolute Gasteiger partial charge is 0.463 e. The number of nitrogens with zero attached hydrogens (tertiary/aromatic N) is 1. The van der Waals surface area contributed by atoms with Crippen LogP contribution in [0.3, 0.4) is 0 Å². The van der Waals surface area contributed by atoms with Crippen LogP contribution in [0, 0.1) is 0 Å². The SMILES string of the molecule is C=C(Oc1cccnc1)C(=O)OC. The van der Waals surface area contributed by atoms with E-state index in [4.69, 9.17) is 4.74 Å². The molecule has 1 aromatic rings. The van der Waals surface area contributed by atoms with E-state index in [0.717, 1.165) is 0 Å². The van der Waals surface area contributed by atoms with Crippen molar-refractivity contribution in [2.75, 3.05) is 7.11 Å². The van der Waals surface area contributed by atoms with E-state index < -0.39 is 5.97 Å². The first-order chi connectivity index (χ1) is 6.24. The molecule has 0 fully saturated rings. The van der Waals surface area contributed by atoms with Crippen LogP contribution in [-0.4, -0.2) is 18.1 Å². The van der Waals surface area contributed by atoms with E-state index in [0.29, 0.717) is 5.75 Å². The molecule has 0 bridgehead atoms. The fraction of sp³-hybridized carbons (Fsp3) is 0.111. The van der Waals surface area contributed by atoms with Crippen molar-refractivity contribution in [3.8, 4) is 5.75 Å². The van der Waals surface area contributed by atoms with Gasteiger partial charge in [0.2, 0.25) is 5.76 Å². The number of pyridine rings is 1. The van der Waals surface area contributed by atoms with Crippen LogP contribution in [-0.2, 0) is 9.53 Å². The number of rotatable bonds is 3. The lowest BCUT2D eigenvalue weighted by atomic mass is 10.4. The van der Waals surface area contributed by atoms with E-state index in [1.54, 1.807) is 18.3 Å². The third-order valence-corrected chi connectivity index (χ3v) is 1.29. The van der Waals surface area contributed by atoms with Gasteiger partial charge in [-0.05, 0) is 18.7 Å². The second-order valence-corrected chi connectivity index (χ2v) is 2.21. The summed E-state index contributed by atoms with van der Waals surface area (Å²) in [6, 6.07) is 3.36. The van der Waals surface area contributed by atoms with Gasteiger partial charge in [-0.1, -0.05) is 0 Å². The quantitative estimate of drug-likeness (QED) is 0.396. The van der Waals surface area contributed by atoms with E-state index in [9.17, 15) is 4.79 Å². The van der Waals surface area contributed by atoms with Gasteiger partial charge < -0.3 is 9.47 Å². The maximum absolute atomic E-state index is 10.8. The number of aromatic nitrogens is 1. The molecule has 0 atom stereocenters. The molecule has 0 amide bonds. The van der Waals surface area contributed by atoms with Gasteiger partial charge in [0.25, 0.3) is 0 Å².